The van der Waals surface area contributed by atoms with Crippen LogP contribution in [0.2, 0.25) is 5.02 Å². The number of halogens is 2. The maximum Gasteiger partial charge on any atom is 0.224 e. The molecule has 0 aromatic heterocycles. The number of carbonyl (C=O) groups is 1. The Morgan fingerprint density at radius 2 is 2.32 bits per heavy atom. The van der Waals surface area contributed by atoms with Crippen LogP contribution in [0, 0.1) is 0 Å². The molecule has 19 heavy (non-hydrogen) atoms. The van der Waals surface area contributed by atoms with Crippen molar-refractivity contribution >= 4 is 29.9 Å². The minimum atomic E-state index is -0.00647. The molecule has 2 rings (SSSR count). The van der Waals surface area contributed by atoms with Crippen LogP contribution in [0.4, 0.5) is 0 Å². The zero-order chi connectivity index (χ0) is 13.0. The molecule has 1 aromatic carbocycles. The minimum absolute atomic E-state index is 0. The van der Waals surface area contributed by atoms with Crippen LogP contribution in [-0.2, 0) is 16.0 Å². The van der Waals surface area contributed by atoms with Gasteiger partial charge in [0.15, 0.2) is 0 Å². The summed E-state index contributed by atoms with van der Waals surface area (Å²) in [6.07, 6.45) is 0.390. The van der Waals surface area contributed by atoms with Crippen molar-refractivity contribution in [3.63, 3.8) is 0 Å². The van der Waals surface area contributed by atoms with Gasteiger partial charge in [0.1, 0.15) is 0 Å². The van der Waals surface area contributed by atoms with Crippen molar-refractivity contribution in [2.75, 3.05) is 20.2 Å². The van der Waals surface area contributed by atoms with Crippen LogP contribution in [0.3, 0.4) is 0 Å². The zero-order valence-corrected chi connectivity index (χ0v) is 12.3. The van der Waals surface area contributed by atoms with Crippen LogP contribution in [0.1, 0.15) is 5.56 Å². The molecule has 1 fully saturated rings. The molecule has 1 aliphatic heterocycles. The van der Waals surface area contributed by atoms with Crippen molar-refractivity contribution < 1.29 is 9.53 Å². The van der Waals surface area contributed by atoms with Gasteiger partial charge in [0.25, 0.3) is 0 Å². The summed E-state index contributed by atoms with van der Waals surface area (Å²) in [5.74, 6) is -0.00647. The Hall–Kier alpha value is -0.810. The molecule has 106 valence electrons. The Morgan fingerprint density at radius 3 is 3.00 bits per heavy atom. The van der Waals surface area contributed by atoms with Crippen LogP contribution in [-0.4, -0.2) is 38.3 Å². The number of carbonyl (C=O) groups excluding carboxylic acids is 1. The third-order valence-electron chi connectivity index (χ3n) is 3.06. The number of hydrogen-bond donors (Lipinski definition) is 2. The average Bonchev–Trinajstić information content (AvgIpc) is 2.76. The van der Waals surface area contributed by atoms with Gasteiger partial charge in [-0.3, -0.25) is 4.79 Å². The molecule has 1 aromatic rings. The van der Waals surface area contributed by atoms with Gasteiger partial charge < -0.3 is 15.4 Å². The summed E-state index contributed by atoms with van der Waals surface area (Å²) in [4.78, 5) is 11.9. The van der Waals surface area contributed by atoms with E-state index in [-0.39, 0.29) is 30.5 Å². The van der Waals surface area contributed by atoms with E-state index in [1.54, 1.807) is 13.2 Å². The maximum absolute atomic E-state index is 11.9. The first-order valence-electron chi connectivity index (χ1n) is 5.96. The predicted octanol–water partition coefficient (Wildman–Crippen LogP) is 1.41. The van der Waals surface area contributed by atoms with E-state index in [2.05, 4.69) is 10.6 Å². The lowest BCUT2D eigenvalue weighted by Gasteiger charge is -2.18. The molecule has 0 spiro atoms. The highest BCUT2D eigenvalue weighted by molar-refractivity contribution is 6.30. The minimum Gasteiger partial charge on any atom is -0.378 e. The van der Waals surface area contributed by atoms with Crippen LogP contribution < -0.4 is 10.6 Å². The van der Waals surface area contributed by atoms with E-state index in [1.807, 2.05) is 18.2 Å². The highest BCUT2D eigenvalue weighted by atomic mass is 35.5. The first kappa shape index (κ1) is 16.2. The zero-order valence-electron chi connectivity index (χ0n) is 10.7. The van der Waals surface area contributed by atoms with Crippen molar-refractivity contribution in [3.8, 4) is 0 Å². The lowest BCUT2D eigenvalue weighted by atomic mass is 10.1. The quantitative estimate of drug-likeness (QED) is 0.884. The molecular formula is C13H18Cl2N2O2. The van der Waals surface area contributed by atoms with Gasteiger partial charge in [0.05, 0.1) is 18.6 Å². The smallest absolute Gasteiger partial charge is 0.224 e. The molecule has 0 saturated carbocycles. The van der Waals surface area contributed by atoms with Crippen LogP contribution >= 0.6 is 24.0 Å². The number of hydrogen-bond acceptors (Lipinski definition) is 3. The summed E-state index contributed by atoms with van der Waals surface area (Å²) in [5, 5.41) is 6.82. The van der Waals surface area contributed by atoms with Gasteiger partial charge in [0.2, 0.25) is 5.91 Å². The first-order chi connectivity index (χ1) is 8.69. The molecular weight excluding hydrogens is 287 g/mol. The molecule has 4 nitrogen and oxygen atoms in total. The maximum atomic E-state index is 11.9. The molecule has 2 N–H and O–H groups in total. The normalized spacial score (nSPS) is 21.8. The predicted molar refractivity (Wildman–Crippen MR) is 78.0 cm³/mol. The Labute approximate surface area is 124 Å². The number of ether oxygens (including phenoxy) is 1. The summed E-state index contributed by atoms with van der Waals surface area (Å²) in [7, 11) is 1.66. The highest BCUT2D eigenvalue weighted by Crippen LogP contribution is 2.11. The van der Waals surface area contributed by atoms with E-state index in [0.29, 0.717) is 11.4 Å². The van der Waals surface area contributed by atoms with Crippen molar-refractivity contribution in [3.05, 3.63) is 34.9 Å². The Morgan fingerprint density at radius 1 is 1.53 bits per heavy atom. The van der Waals surface area contributed by atoms with Gasteiger partial charge in [-0.05, 0) is 17.7 Å². The lowest BCUT2D eigenvalue weighted by Crippen LogP contribution is -2.44. The number of benzene rings is 1. The molecule has 1 amide bonds. The van der Waals surface area contributed by atoms with E-state index < -0.39 is 0 Å². The second-order valence-electron chi connectivity index (χ2n) is 4.41. The van der Waals surface area contributed by atoms with E-state index in [4.69, 9.17) is 16.3 Å². The molecule has 2 unspecified atom stereocenters. The van der Waals surface area contributed by atoms with Crippen molar-refractivity contribution in [2.24, 2.45) is 0 Å². The van der Waals surface area contributed by atoms with Crippen LogP contribution in [0.25, 0.3) is 0 Å². The Balaban J connectivity index is 0.00000180. The molecule has 2 atom stereocenters. The number of amides is 1. The van der Waals surface area contributed by atoms with Gasteiger partial charge in [-0.15, -0.1) is 12.4 Å². The molecule has 1 aliphatic rings. The summed E-state index contributed by atoms with van der Waals surface area (Å²) in [6, 6.07) is 7.39. The van der Waals surface area contributed by atoms with Crippen LogP contribution in [0.15, 0.2) is 24.3 Å². The lowest BCUT2D eigenvalue weighted by molar-refractivity contribution is -0.121. The standard InChI is InChI=1S/C13H17ClN2O2.ClH/c1-18-12-8-15-7-11(12)16-13(17)6-9-3-2-4-10(14)5-9;/h2-5,11-12,15H,6-8H2,1H3,(H,16,17);1H. The third kappa shape index (κ3) is 4.66. The van der Waals surface area contributed by atoms with Crippen molar-refractivity contribution in [1.29, 1.82) is 0 Å². The fourth-order valence-electron chi connectivity index (χ4n) is 2.14. The Kier molecular flexibility index (Phi) is 6.58. The summed E-state index contributed by atoms with van der Waals surface area (Å²) in [5.41, 5.74) is 0.917. The van der Waals surface area contributed by atoms with Gasteiger partial charge in [-0.25, -0.2) is 0 Å². The second-order valence-corrected chi connectivity index (χ2v) is 4.85. The largest absolute Gasteiger partial charge is 0.378 e. The topological polar surface area (TPSA) is 50.4 Å². The van der Waals surface area contributed by atoms with E-state index in [1.165, 1.54) is 0 Å². The monoisotopic (exact) mass is 304 g/mol. The SMILES string of the molecule is COC1CNCC1NC(=O)Cc1cccc(Cl)c1.Cl. The summed E-state index contributed by atoms with van der Waals surface area (Å²) >= 11 is 5.88. The average molecular weight is 305 g/mol. The van der Waals surface area contributed by atoms with Crippen molar-refractivity contribution in [2.45, 2.75) is 18.6 Å². The van der Waals surface area contributed by atoms with Gasteiger partial charge in [-0.2, -0.15) is 0 Å². The first-order valence-corrected chi connectivity index (χ1v) is 6.34. The number of rotatable bonds is 4. The molecule has 1 heterocycles. The van der Waals surface area contributed by atoms with Gasteiger partial charge in [0, 0.05) is 25.2 Å². The van der Waals surface area contributed by atoms with Crippen molar-refractivity contribution in [1.82, 2.24) is 10.6 Å². The van der Waals surface area contributed by atoms with Gasteiger partial charge in [-0.1, -0.05) is 23.7 Å². The summed E-state index contributed by atoms with van der Waals surface area (Å²) in [6.45, 7) is 1.53. The number of nitrogens with one attached hydrogen (secondary N) is 2. The molecule has 6 heteroatoms. The Bertz CT molecular complexity index is 429. The molecule has 0 aliphatic carbocycles. The molecule has 1 saturated heterocycles. The summed E-state index contributed by atoms with van der Waals surface area (Å²) < 4.78 is 5.30. The fourth-order valence-corrected chi connectivity index (χ4v) is 2.35. The fraction of sp³-hybridized carbons (Fsp3) is 0.462. The third-order valence-corrected chi connectivity index (χ3v) is 3.30. The van der Waals surface area contributed by atoms with Crippen LogP contribution in [0.5, 0.6) is 0 Å². The van der Waals surface area contributed by atoms with E-state index in [9.17, 15) is 4.79 Å². The molecule has 0 bridgehead atoms. The second kappa shape index (κ2) is 7.70. The van der Waals surface area contributed by atoms with Gasteiger partial charge >= 0.3 is 0 Å². The number of methoxy groups -OCH3 is 1. The highest BCUT2D eigenvalue weighted by Gasteiger charge is 2.27. The molecule has 0 radical (unpaired) electrons. The van der Waals surface area contributed by atoms with E-state index >= 15 is 0 Å². The van der Waals surface area contributed by atoms with E-state index in [0.717, 1.165) is 18.7 Å².